The van der Waals surface area contributed by atoms with Crippen LogP contribution in [0, 0.1) is 12.3 Å². The van der Waals surface area contributed by atoms with Crippen LogP contribution in [0.1, 0.15) is 26.3 Å². The van der Waals surface area contributed by atoms with E-state index >= 15 is 0 Å². The molecule has 2 saturated heterocycles. The molecule has 2 fully saturated rings. The summed E-state index contributed by atoms with van der Waals surface area (Å²) in [5.74, 6) is 1.21. The highest BCUT2D eigenvalue weighted by Crippen LogP contribution is 2.45. The van der Waals surface area contributed by atoms with Crippen molar-refractivity contribution in [3.05, 3.63) is 22.4 Å². The van der Waals surface area contributed by atoms with E-state index < -0.39 is 35.9 Å². The van der Waals surface area contributed by atoms with Crippen molar-refractivity contribution in [1.29, 1.82) is 0 Å². The van der Waals surface area contributed by atoms with Crippen LogP contribution >= 0.6 is 11.3 Å². The van der Waals surface area contributed by atoms with Crippen molar-refractivity contribution in [3.8, 4) is 12.3 Å². The van der Waals surface area contributed by atoms with Crippen molar-refractivity contribution in [2.45, 2.75) is 57.1 Å². The smallest absolute Gasteiger partial charge is 0.304 e. The maximum atomic E-state index is 11.6. The van der Waals surface area contributed by atoms with E-state index in [4.69, 9.17) is 30.1 Å². The first kappa shape index (κ1) is 18.4. The Morgan fingerprint density at radius 3 is 2.88 bits per heavy atom. The van der Waals surface area contributed by atoms with Crippen LogP contribution in [0.15, 0.2) is 16.8 Å². The number of esters is 1. The molecule has 0 aromatic carbocycles. The van der Waals surface area contributed by atoms with Gasteiger partial charge in [-0.05, 0) is 42.7 Å². The first-order valence-corrected chi connectivity index (χ1v) is 9.08. The normalized spacial score (nSPS) is 33.0. The molecule has 0 bridgehead atoms. The van der Waals surface area contributed by atoms with Crippen LogP contribution in [0.2, 0.25) is 0 Å². The molecule has 1 aromatic rings. The van der Waals surface area contributed by atoms with Crippen molar-refractivity contribution in [1.82, 2.24) is 0 Å². The summed E-state index contributed by atoms with van der Waals surface area (Å²) in [7, 11) is 0. The third kappa shape index (κ3) is 3.73. The van der Waals surface area contributed by atoms with Gasteiger partial charge in [0.05, 0.1) is 13.2 Å². The number of terminal acetylenes is 1. The Labute approximate surface area is 151 Å². The molecular weight excluding hydrogens is 344 g/mol. The van der Waals surface area contributed by atoms with E-state index in [2.05, 4.69) is 17.4 Å². The third-order valence-corrected chi connectivity index (χ3v) is 4.91. The van der Waals surface area contributed by atoms with Crippen LogP contribution in [0.25, 0.3) is 0 Å². The summed E-state index contributed by atoms with van der Waals surface area (Å²) in [6.45, 7) is 5.52. The Kier molecular flexibility index (Phi) is 5.19. The molecule has 0 amide bonds. The van der Waals surface area contributed by atoms with Gasteiger partial charge < -0.3 is 23.7 Å². The monoisotopic (exact) mass is 366 g/mol. The highest BCUT2D eigenvalue weighted by atomic mass is 32.1. The zero-order valence-electron chi connectivity index (χ0n) is 14.5. The molecule has 0 spiro atoms. The Balaban J connectivity index is 1.67. The van der Waals surface area contributed by atoms with Gasteiger partial charge in [-0.1, -0.05) is 5.92 Å². The number of hydrogen-bond donors (Lipinski definition) is 0. The maximum Gasteiger partial charge on any atom is 0.304 e. The molecule has 6 nitrogen and oxygen atoms in total. The Morgan fingerprint density at radius 2 is 2.24 bits per heavy atom. The molecule has 1 aromatic heterocycles. The summed E-state index contributed by atoms with van der Waals surface area (Å²) in [5.41, 5.74) is -0.155. The lowest BCUT2D eigenvalue weighted by molar-refractivity contribution is -0.232. The molecule has 7 heteroatoms. The quantitative estimate of drug-likeness (QED) is 0.437. The molecule has 2 aliphatic heterocycles. The topological polar surface area (TPSA) is 63.2 Å². The molecular formula is C18H22O6S. The lowest BCUT2D eigenvalue weighted by atomic mass is 9.93. The number of ether oxygens (including phenoxy) is 5. The van der Waals surface area contributed by atoms with Gasteiger partial charge in [-0.25, -0.2) is 0 Å². The minimum absolute atomic E-state index is 0.182. The summed E-state index contributed by atoms with van der Waals surface area (Å²) >= 11 is 1.65. The number of carbonyl (C=O) groups is 1. The van der Waals surface area contributed by atoms with Crippen molar-refractivity contribution in [3.63, 3.8) is 0 Å². The van der Waals surface area contributed by atoms with Gasteiger partial charge in [0.25, 0.3) is 0 Å². The van der Waals surface area contributed by atoms with Crippen LogP contribution in [-0.4, -0.2) is 49.1 Å². The van der Waals surface area contributed by atoms with E-state index in [0.717, 1.165) is 6.42 Å². The van der Waals surface area contributed by atoms with Crippen molar-refractivity contribution in [2.75, 3.05) is 13.2 Å². The standard InChI is InChI=1S/C18H22O6S/c1-5-18(22-12(2)19)14(10-20-8-6-13-7-9-25-11-13)21-16-15(18)23-17(3,4)24-16/h1,7,9,11,14-16H,6,8,10H2,2-4H3/t14-,15+,16-,18-/m1/s1. The number of thiophene rings is 1. The average Bonchev–Trinajstić information content (AvgIpc) is 3.20. The minimum Gasteiger partial charge on any atom is -0.440 e. The van der Waals surface area contributed by atoms with Crippen LogP contribution in [0.5, 0.6) is 0 Å². The van der Waals surface area contributed by atoms with Crippen molar-refractivity contribution < 1.29 is 28.5 Å². The molecule has 25 heavy (non-hydrogen) atoms. The van der Waals surface area contributed by atoms with Crippen LogP contribution in [-0.2, 0) is 34.9 Å². The number of carbonyl (C=O) groups excluding carboxylic acids is 1. The van der Waals surface area contributed by atoms with Gasteiger partial charge in [0.1, 0.15) is 6.10 Å². The minimum atomic E-state index is -1.37. The second-order valence-corrected chi connectivity index (χ2v) is 7.32. The second-order valence-electron chi connectivity index (χ2n) is 6.54. The van der Waals surface area contributed by atoms with Gasteiger partial charge in [0.2, 0.25) is 5.60 Å². The molecule has 3 heterocycles. The fourth-order valence-corrected chi connectivity index (χ4v) is 3.81. The molecule has 3 rings (SSSR count). The van der Waals surface area contributed by atoms with E-state index in [-0.39, 0.29) is 6.61 Å². The third-order valence-electron chi connectivity index (χ3n) is 4.18. The largest absolute Gasteiger partial charge is 0.440 e. The number of fused-ring (bicyclic) bond motifs is 1. The van der Waals surface area contributed by atoms with E-state index in [0.29, 0.717) is 6.61 Å². The van der Waals surface area contributed by atoms with Gasteiger partial charge in [-0.2, -0.15) is 11.3 Å². The first-order chi connectivity index (χ1) is 11.9. The van der Waals surface area contributed by atoms with E-state index in [1.165, 1.54) is 12.5 Å². The molecule has 0 radical (unpaired) electrons. The van der Waals surface area contributed by atoms with Crippen molar-refractivity contribution >= 4 is 17.3 Å². The molecule has 0 unspecified atom stereocenters. The fraction of sp³-hybridized carbons (Fsp3) is 0.611. The van der Waals surface area contributed by atoms with Crippen LogP contribution in [0.4, 0.5) is 0 Å². The highest BCUT2D eigenvalue weighted by molar-refractivity contribution is 7.07. The molecule has 0 saturated carbocycles. The molecule has 136 valence electrons. The van der Waals surface area contributed by atoms with Gasteiger partial charge in [-0.3, -0.25) is 4.79 Å². The van der Waals surface area contributed by atoms with Gasteiger partial charge in [0.15, 0.2) is 18.2 Å². The van der Waals surface area contributed by atoms with Gasteiger partial charge >= 0.3 is 5.97 Å². The first-order valence-electron chi connectivity index (χ1n) is 8.13. The predicted molar refractivity (Wildman–Crippen MR) is 90.9 cm³/mol. The lowest BCUT2D eigenvalue weighted by Crippen LogP contribution is -2.52. The lowest BCUT2D eigenvalue weighted by Gasteiger charge is -2.33. The summed E-state index contributed by atoms with van der Waals surface area (Å²) in [4.78, 5) is 11.6. The SMILES string of the molecule is C#C[C@@]1(OC(C)=O)[C@@H](COCCc2ccsc2)O[C@@H]2OC(C)(C)O[C@@H]21. The molecule has 4 atom stereocenters. The Morgan fingerprint density at radius 1 is 1.44 bits per heavy atom. The average molecular weight is 366 g/mol. The Bertz CT molecular complexity index is 649. The van der Waals surface area contributed by atoms with Crippen LogP contribution < -0.4 is 0 Å². The predicted octanol–water partition coefficient (Wildman–Crippen LogP) is 2.12. The zero-order valence-corrected chi connectivity index (χ0v) is 15.3. The van der Waals surface area contributed by atoms with Gasteiger partial charge in [0, 0.05) is 6.92 Å². The summed E-state index contributed by atoms with van der Waals surface area (Å²) in [6, 6.07) is 2.05. The molecule has 0 N–H and O–H groups in total. The number of hydrogen-bond acceptors (Lipinski definition) is 7. The van der Waals surface area contributed by atoms with E-state index in [1.807, 2.05) is 5.38 Å². The van der Waals surface area contributed by atoms with E-state index in [9.17, 15) is 4.79 Å². The maximum absolute atomic E-state index is 11.6. The van der Waals surface area contributed by atoms with Crippen LogP contribution in [0.3, 0.4) is 0 Å². The summed E-state index contributed by atoms with van der Waals surface area (Å²) in [5, 5.41) is 4.10. The summed E-state index contributed by atoms with van der Waals surface area (Å²) < 4.78 is 28.7. The van der Waals surface area contributed by atoms with Crippen molar-refractivity contribution in [2.24, 2.45) is 0 Å². The molecule has 0 aliphatic carbocycles. The Hall–Kier alpha value is -1.43. The zero-order chi connectivity index (χ0) is 18.1. The molecule has 2 aliphatic rings. The highest BCUT2D eigenvalue weighted by Gasteiger charge is 2.65. The van der Waals surface area contributed by atoms with Gasteiger partial charge in [-0.15, -0.1) is 6.42 Å². The van der Waals surface area contributed by atoms with E-state index in [1.54, 1.807) is 25.2 Å². The number of rotatable bonds is 6. The fourth-order valence-electron chi connectivity index (χ4n) is 3.11. The second kappa shape index (κ2) is 7.06. The summed E-state index contributed by atoms with van der Waals surface area (Å²) in [6.07, 6.45) is 4.48.